The van der Waals surface area contributed by atoms with Gasteiger partial charge in [0.2, 0.25) is 0 Å². The Balaban J connectivity index is 2.61. The van der Waals surface area contributed by atoms with Gasteiger partial charge in [0.1, 0.15) is 0 Å². The summed E-state index contributed by atoms with van der Waals surface area (Å²) in [6.07, 6.45) is 1.78. The molecule has 0 amide bonds. The highest BCUT2D eigenvalue weighted by Crippen LogP contribution is 2.13. The maximum absolute atomic E-state index is 9.11. The molecule has 1 aromatic heterocycles. The summed E-state index contributed by atoms with van der Waals surface area (Å²) in [6, 6.07) is 6.85. The number of aliphatic hydroxyl groups is 1. The molecule has 2 rings (SSSR count). The van der Waals surface area contributed by atoms with Gasteiger partial charge in [0.15, 0.2) is 0 Å². The van der Waals surface area contributed by atoms with E-state index in [1.165, 1.54) is 0 Å². The minimum Gasteiger partial charge on any atom is -0.392 e. The lowest BCUT2D eigenvalue weighted by Crippen LogP contribution is -1.80. The van der Waals surface area contributed by atoms with Gasteiger partial charge >= 0.3 is 0 Å². The van der Waals surface area contributed by atoms with Crippen LogP contribution in [0.3, 0.4) is 0 Å². The Hall–Kier alpha value is -1.28. The summed E-state index contributed by atoms with van der Waals surface area (Å²) in [4.78, 5) is 2.95. The van der Waals surface area contributed by atoms with Gasteiger partial charge in [0.05, 0.1) is 9.30 Å². The number of hydrogen-bond acceptors (Lipinski definition) is 1. The van der Waals surface area contributed by atoms with Crippen molar-refractivity contribution in [2.24, 2.45) is 0 Å². The Morgan fingerprint density at radius 2 is 2.36 bits per heavy atom. The second-order valence-corrected chi connectivity index (χ2v) is 2.39. The molecule has 2 N–H and O–H groups in total. The third-order valence-corrected chi connectivity index (χ3v) is 1.68. The number of aromatic nitrogens is 1. The van der Waals surface area contributed by atoms with Gasteiger partial charge in [-0.05, 0) is 23.1 Å². The average Bonchev–Trinajstić information content (AvgIpc) is 2.47. The minimum atomic E-state index is -2.26. The van der Waals surface area contributed by atoms with Gasteiger partial charge in [0, 0.05) is 11.7 Å². The van der Waals surface area contributed by atoms with E-state index in [1.54, 1.807) is 24.4 Å². The molecule has 2 aromatic rings. The maximum atomic E-state index is 9.11. The highest BCUT2D eigenvalue weighted by Gasteiger charge is 1.94. The molecule has 0 bridgehead atoms. The topological polar surface area (TPSA) is 36.0 Å². The van der Waals surface area contributed by atoms with E-state index >= 15 is 0 Å². The lowest BCUT2D eigenvalue weighted by Gasteiger charge is -1.94. The van der Waals surface area contributed by atoms with E-state index < -0.39 is 6.56 Å². The lowest BCUT2D eigenvalue weighted by atomic mass is 10.2. The molecule has 2 heteroatoms. The summed E-state index contributed by atoms with van der Waals surface area (Å²) >= 11 is 0. The molecule has 0 spiro atoms. The van der Waals surface area contributed by atoms with Crippen LogP contribution in [-0.4, -0.2) is 10.1 Å². The van der Waals surface area contributed by atoms with Crippen LogP contribution < -0.4 is 0 Å². The molecule has 0 radical (unpaired) electrons. The van der Waals surface area contributed by atoms with Crippen LogP contribution in [0.4, 0.5) is 0 Å². The van der Waals surface area contributed by atoms with Crippen molar-refractivity contribution in [2.75, 3.05) is 0 Å². The zero-order valence-electron chi connectivity index (χ0n) is 7.83. The van der Waals surface area contributed by atoms with E-state index in [0.29, 0.717) is 0 Å². The molecule has 0 aliphatic carbocycles. The van der Waals surface area contributed by atoms with Gasteiger partial charge in [-0.1, -0.05) is 12.1 Å². The number of hydrogen-bond donors (Lipinski definition) is 2. The summed E-state index contributed by atoms with van der Waals surface area (Å²) in [7, 11) is 0. The molecule has 0 unspecified atom stereocenters. The first-order chi connectivity index (χ1) is 6.07. The van der Waals surface area contributed by atoms with Crippen molar-refractivity contribution in [2.45, 2.75) is 6.56 Å². The van der Waals surface area contributed by atoms with E-state index in [9.17, 15) is 0 Å². The van der Waals surface area contributed by atoms with Crippen LogP contribution in [0.25, 0.3) is 10.9 Å². The SMILES string of the molecule is [2H]C([2H])(O)c1ccc2cc[nH]c2c1. The standard InChI is InChI=1S/C9H9NO/c11-6-7-1-2-8-3-4-10-9(8)5-7/h1-5,10-11H,6H2/i6D2. The lowest BCUT2D eigenvalue weighted by molar-refractivity contribution is 0.282. The molecule has 56 valence electrons. The number of fused-ring (bicyclic) bond motifs is 1. The molecule has 1 aromatic carbocycles. The monoisotopic (exact) mass is 149 g/mol. The normalized spacial score (nSPS) is 14.6. The van der Waals surface area contributed by atoms with Crippen LogP contribution in [0, 0.1) is 0 Å². The van der Waals surface area contributed by atoms with Gasteiger partial charge in [-0.3, -0.25) is 0 Å². The van der Waals surface area contributed by atoms with Crippen molar-refractivity contribution in [1.29, 1.82) is 0 Å². The first-order valence-electron chi connectivity index (χ1n) is 4.37. The van der Waals surface area contributed by atoms with Crippen molar-refractivity contribution in [3.05, 3.63) is 36.0 Å². The summed E-state index contributed by atoms with van der Waals surface area (Å²) in [5, 5.41) is 10.1. The predicted molar refractivity (Wildman–Crippen MR) is 44.2 cm³/mol. The third-order valence-electron chi connectivity index (χ3n) is 1.68. The van der Waals surface area contributed by atoms with Gasteiger partial charge in [-0.15, -0.1) is 0 Å². The number of rotatable bonds is 1. The molecular formula is C9H9NO. The third kappa shape index (κ3) is 1.01. The van der Waals surface area contributed by atoms with Crippen molar-refractivity contribution in [3.8, 4) is 0 Å². The molecule has 0 saturated heterocycles. The molecule has 0 aliphatic rings. The van der Waals surface area contributed by atoms with E-state index in [4.69, 9.17) is 7.85 Å². The molecule has 0 fully saturated rings. The number of benzene rings is 1. The Morgan fingerprint density at radius 1 is 1.45 bits per heavy atom. The van der Waals surface area contributed by atoms with E-state index in [1.807, 2.05) is 6.07 Å². The van der Waals surface area contributed by atoms with Crippen molar-refractivity contribution < 1.29 is 7.85 Å². The smallest absolute Gasteiger partial charge is 0.0682 e. The van der Waals surface area contributed by atoms with E-state index in [-0.39, 0.29) is 5.56 Å². The Kier molecular flexibility index (Phi) is 0.996. The van der Waals surface area contributed by atoms with Gasteiger partial charge in [0.25, 0.3) is 0 Å². The van der Waals surface area contributed by atoms with E-state index in [2.05, 4.69) is 4.98 Å². The number of nitrogens with one attached hydrogen (secondary N) is 1. The van der Waals surface area contributed by atoms with Gasteiger partial charge in [-0.2, -0.15) is 0 Å². The number of aromatic amines is 1. The number of H-pyrrole nitrogens is 1. The molecule has 0 atom stereocenters. The highest BCUT2D eigenvalue weighted by molar-refractivity contribution is 5.79. The van der Waals surface area contributed by atoms with Crippen LogP contribution in [0.15, 0.2) is 30.5 Å². The van der Waals surface area contributed by atoms with Crippen molar-refractivity contribution >= 4 is 10.9 Å². The molecule has 1 heterocycles. The maximum Gasteiger partial charge on any atom is 0.0682 e. The fourth-order valence-corrected chi connectivity index (χ4v) is 1.12. The molecule has 2 nitrogen and oxygen atoms in total. The summed E-state index contributed by atoms with van der Waals surface area (Å²) in [5.41, 5.74) is 1.10. The molecular weight excluding hydrogens is 138 g/mol. The van der Waals surface area contributed by atoms with Crippen LogP contribution in [0.2, 0.25) is 0 Å². The van der Waals surface area contributed by atoms with Crippen LogP contribution in [-0.2, 0) is 6.56 Å². The summed E-state index contributed by atoms with van der Waals surface area (Å²) < 4.78 is 14.2. The zero-order chi connectivity index (χ0) is 9.47. The summed E-state index contributed by atoms with van der Waals surface area (Å²) in [6.45, 7) is -2.26. The molecule has 11 heavy (non-hydrogen) atoms. The second-order valence-electron chi connectivity index (χ2n) is 2.39. The van der Waals surface area contributed by atoms with E-state index in [0.717, 1.165) is 10.9 Å². The van der Waals surface area contributed by atoms with Gasteiger partial charge in [-0.25, -0.2) is 0 Å². The summed E-state index contributed by atoms with van der Waals surface area (Å²) in [5.74, 6) is 0. The highest BCUT2D eigenvalue weighted by atomic mass is 16.3. The zero-order valence-corrected chi connectivity index (χ0v) is 5.83. The molecule has 0 saturated carbocycles. The predicted octanol–water partition coefficient (Wildman–Crippen LogP) is 1.66. The minimum absolute atomic E-state index is 0.266. The first-order valence-corrected chi connectivity index (χ1v) is 3.37. The van der Waals surface area contributed by atoms with Crippen molar-refractivity contribution in [3.63, 3.8) is 0 Å². The van der Waals surface area contributed by atoms with Crippen molar-refractivity contribution in [1.82, 2.24) is 4.98 Å². The van der Waals surface area contributed by atoms with Crippen LogP contribution >= 0.6 is 0 Å². The second kappa shape index (κ2) is 2.40. The largest absolute Gasteiger partial charge is 0.392 e. The Morgan fingerprint density at radius 3 is 3.18 bits per heavy atom. The van der Waals surface area contributed by atoms with Crippen LogP contribution in [0.1, 0.15) is 8.30 Å². The first kappa shape index (κ1) is 4.57. The fourth-order valence-electron chi connectivity index (χ4n) is 1.12. The average molecular weight is 149 g/mol. The quantitative estimate of drug-likeness (QED) is 0.635. The Bertz CT molecular complexity index is 430. The van der Waals surface area contributed by atoms with Crippen LogP contribution in [0.5, 0.6) is 0 Å². The molecule has 0 aliphatic heterocycles. The fraction of sp³-hybridized carbons (Fsp3) is 0.111. The Labute approximate surface area is 67.3 Å². The van der Waals surface area contributed by atoms with Gasteiger partial charge < -0.3 is 10.1 Å².